The van der Waals surface area contributed by atoms with Crippen LogP contribution in [0.15, 0.2) is 40.9 Å². The summed E-state index contributed by atoms with van der Waals surface area (Å²) in [4.78, 5) is 7.89. The van der Waals surface area contributed by atoms with Crippen molar-refractivity contribution in [1.29, 1.82) is 5.26 Å². The molecule has 2 heterocycles. The summed E-state index contributed by atoms with van der Waals surface area (Å²) in [7, 11) is 0. The zero-order valence-corrected chi connectivity index (χ0v) is 14.4. The number of benzene rings is 1. The largest absolute Gasteiger partial charge is 0.348 e. The van der Waals surface area contributed by atoms with Gasteiger partial charge in [0, 0.05) is 17.2 Å². The van der Waals surface area contributed by atoms with Crippen molar-refractivity contribution >= 4 is 57.8 Å². The first-order valence-corrected chi connectivity index (χ1v) is 8.32. The second kappa shape index (κ2) is 6.81. The number of nitriles is 1. The zero-order chi connectivity index (χ0) is 16.4. The van der Waals surface area contributed by atoms with E-state index in [1.807, 2.05) is 11.5 Å². The van der Waals surface area contributed by atoms with Gasteiger partial charge in [0.25, 0.3) is 0 Å². The van der Waals surface area contributed by atoms with Crippen LogP contribution in [0.25, 0.3) is 11.3 Å². The van der Waals surface area contributed by atoms with Crippen molar-refractivity contribution < 1.29 is 0 Å². The lowest BCUT2D eigenvalue weighted by atomic mass is 10.1. The molecule has 8 heteroatoms. The van der Waals surface area contributed by atoms with Crippen LogP contribution in [0.2, 0.25) is 15.3 Å². The Morgan fingerprint density at radius 3 is 2.70 bits per heavy atom. The van der Waals surface area contributed by atoms with E-state index >= 15 is 0 Å². The molecule has 1 aliphatic heterocycles. The number of hydrogen-bond donors (Lipinski definition) is 1. The van der Waals surface area contributed by atoms with Gasteiger partial charge < -0.3 is 5.32 Å². The maximum absolute atomic E-state index is 9.44. The first-order chi connectivity index (χ1) is 11.1. The predicted octanol–water partition coefficient (Wildman–Crippen LogP) is 4.96. The summed E-state index contributed by atoms with van der Waals surface area (Å²) in [6, 6.07) is 9.12. The van der Waals surface area contributed by atoms with Gasteiger partial charge in [-0.2, -0.15) is 5.26 Å². The Balaban J connectivity index is 1.92. The third-order valence-electron chi connectivity index (χ3n) is 2.99. The molecule has 0 radical (unpaired) electrons. The van der Waals surface area contributed by atoms with Crippen molar-refractivity contribution in [2.24, 2.45) is 0 Å². The second-order valence-corrected chi connectivity index (χ2v) is 6.46. The summed E-state index contributed by atoms with van der Waals surface area (Å²) in [5.41, 5.74) is 2.56. The normalized spacial score (nSPS) is 15.7. The Labute approximate surface area is 151 Å². The van der Waals surface area contributed by atoms with E-state index in [0.29, 0.717) is 26.3 Å². The van der Waals surface area contributed by atoms with Crippen LogP contribution < -0.4 is 5.32 Å². The molecule has 0 spiro atoms. The number of aromatic nitrogens is 2. The summed E-state index contributed by atoms with van der Waals surface area (Å²) < 4.78 is 0. The smallest absolute Gasteiger partial charge is 0.222 e. The molecule has 0 amide bonds. The molecule has 0 aliphatic carbocycles. The first-order valence-electron chi connectivity index (χ1n) is 6.31. The predicted molar refractivity (Wildman–Crippen MR) is 94.7 cm³/mol. The molecule has 0 saturated heterocycles. The highest BCUT2D eigenvalue weighted by atomic mass is 35.5. The highest BCUT2D eigenvalue weighted by Crippen LogP contribution is 2.36. The van der Waals surface area contributed by atoms with Gasteiger partial charge in [0.15, 0.2) is 0 Å². The molecule has 2 aromatic rings. The van der Waals surface area contributed by atoms with Crippen LogP contribution in [0.4, 0.5) is 0 Å². The number of halogens is 3. The highest BCUT2D eigenvalue weighted by Gasteiger charge is 2.19. The van der Waals surface area contributed by atoms with E-state index in [2.05, 4.69) is 21.4 Å². The average Bonchev–Trinajstić information content (AvgIpc) is 3.00. The van der Waals surface area contributed by atoms with Crippen molar-refractivity contribution in [3.8, 4) is 6.07 Å². The third kappa shape index (κ3) is 3.46. The van der Waals surface area contributed by atoms with E-state index < -0.39 is 0 Å². The van der Waals surface area contributed by atoms with E-state index in [1.54, 1.807) is 18.2 Å². The van der Waals surface area contributed by atoms with Crippen molar-refractivity contribution in [2.75, 3.05) is 0 Å². The Bertz CT molecular complexity index is 887. The summed E-state index contributed by atoms with van der Waals surface area (Å²) in [6.07, 6.45) is 1.51. The summed E-state index contributed by atoms with van der Waals surface area (Å²) in [5.74, 6) is 0. The first kappa shape index (κ1) is 16.2. The standard InChI is InChI=1S/C15H7Cl3N4S/c16-10-2-1-8(5-11(10)17)13-7-23-14(21-13)9(6-19)12-3-4-20-15(18)22-12/h1-5,7,21H/b14-9-. The van der Waals surface area contributed by atoms with Gasteiger partial charge in [-0.15, -0.1) is 0 Å². The lowest BCUT2D eigenvalue weighted by Gasteiger charge is -2.08. The van der Waals surface area contributed by atoms with Crippen LogP contribution in [0.3, 0.4) is 0 Å². The van der Waals surface area contributed by atoms with Gasteiger partial charge in [-0.25, -0.2) is 9.97 Å². The fourth-order valence-corrected chi connectivity index (χ4v) is 3.24. The minimum absolute atomic E-state index is 0.0940. The molecule has 0 fully saturated rings. The summed E-state index contributed by atoms with van der Waals surface area (Å²) in [5, 5.41) is 16.3. The quantitative estimate of drug-likeness (QED) is 0.588. The summed E-state index contributed by atoms with van der Waals surface area (Å²) >= 11 is 19.2. The monoisotopic (exact) mass is 380 g/mol. The van der Waals surface area contributed by atoms with Crippen LogP contribution >= 0.6 is 46.6 Å². The van der Waals surface area contributed by atoms with E-state index in [0.717, 1.165) is 11.3 Å². The lowest BCUT2D eigenvalue weighted by molar-refractivity contribution is 1.13. The van der Waals surface area contributed by atoms with Crippen LogP contribution in [0.1, 0.15) is 11.3 Å². The molecular weight excluding hydrogens is 375 g/mol. The van der Waals surface area contributed by atoms with Crippen LogP contribution in [0, 0.1) is 11.3 Å². The molecule has 4 nitrogen and oxygen atoms in total. The van der Waals surface area contributed by atoms with Crippen molar-refractivity contribution in [1.82, 2.24) is 15.3 Å². The Morgan fingerprint density at radius 1 is 1.17 bits per heavy atom. The van der Waals surface area contributed by atoms with E-state index in [4.69, 9.17) is 34.8 Å². The number of allylic oxidation sites excluding steroid dienone is 1. The molecule has 1 N–H and O–H groups in total. The molecule has 1 aliphatic rings. The van der Waals surface area contributed by atoms with Gasteiger partial charge in [-0.3, -0.25) is 0 Å². The molecule has 0 saturated carbocycles. The van der Waals surface area contributed by atoms with Gasteiger partial charge in [-0.05, 0) is 29.8 Å². The minimum Gasteiger partial charge on any atom is -0.348 e. The van der Waals surface area contributed by atoms with E-state index in [1.165, 1.54) is 18.0 Å². The van der Waals surface area contributed by atoms with E-state index in [-0.39, 0.29) is 5.28 Å². The molecule has 1 aromatic carbocycles. The van der Waals surface area contributed by atoms with Gasteiger partial charge in [0.1, 0.15) is 11.6 Å². The Hall–Kier alpha value is -1.71. The number of rotatable bonds is 2. The molecular formula is C15H7Cl3N4S. The van der Waals surface area contributed by atoms with Crippen molar-refractivity contribution in [3.63, 3.8) is 0 Å². The lowest BCUT2D eigenvalue weighted by Crippen LogP contribution is -2.07. The topological polar surface area (TPSA) is 61.6 Å². The molecule has 3 rings (SSSR count). The fraction of sp³-hybridized carbons (Fsp3) is 0. The van der Waals surface area contributed by atoms with Crippen molar-refractivity contribution in [3.05, 3.63) is 67.5 Å². The molecule has 23 heavy (non-hydrogen) atoms. The summed E-state index contributed by atoms with van der Waals surface area (Å²) in [6.45, 7) is 0. The SMILES string of the molecule is N#C/C(=C1\NC(c2ccc(Cl)c(Cl)c2)=CS1)c1ccnc(Cl)n1. The fourth-order valence-electron chi connectivity index (χ4n) is 1.92. The van der Waals surface area contributed by atoms with Gasteiger partial charge in [-0.1, -0.05) is 41.0 Å². The number of nitrogens with zero attached hydrogens (tertiary/aromatic N) is 3. The molecule has 0 atom stereocenters. The second-order valence-electron chi connectivity index (χ2n) is 4.43. The Morgan fingerprint density at radius 2 is 2.00 bits per heavy atom. The van der Waals surface area contributed by atoms with Crippen molar-refractivity contribution in [2.45, 2.75) is 0 Å². The highest BCUT2D eigenvalue weighted by molar-refractivity contribution is 8.06. The van der Waals surface area contributed by atoms with Crippen LogP contribution in [-0.4, -0.2) is 9.97 Å². The van der Waals surface area contributed by atoms with Gasteiger partial charge in [0.05, 0.1) is 26.5 Å². The average molecular weight is 382 g/mol. The van der Waals surface area contributed by atoms with E-state index in [9.17, 15) is 5.26 Å². The third-order valence-corrected chi connectivity index (χ3v) is 4.81. The molecule has 1 aromatic heterocycles. The molecule has 114 valence electrons. The van der Waals surface area contributed by atoms with Gasteiger partial charge >= 0.3 is 0 Å². The van der Waals surface area contributed by atoms with Gasteiger partial charge in [0.2, 0.25) is 5.28 Å². The number of hydrogen-bond acceptors (Lipinski definition) is 5. The minimum atomic E-state index is 0.0940. The van der Waals surface area contributed by atoms with Crippen LogP contribution in [0.5, 0.6) is 0 Å². The molecule has 0 unspecified atom stereocenters. The maximum Gasteiger partial charge on any atom is 0.222 e. The number of thioether (sulfide) groups is 1. The molecule has 0 bridgehead atoms. The number of nitrogens with one attached hydrogen (secondary N) is 1. The Kier molecular flexibility index (Phi) is 4.79. The zero-order valence-electron chi connectivity index (χ0n) is 11.3. The maximum atomic E-state index is 9.44. The van der Waals surface area contributed by atoms with Crippen LogP contribution in [-0.2, 0) is 0 Å².